The molecule has 1 atom stereocenters. The van der Waals surface area contributed by atoms with E-state index in [1.165, 1.54) is 0 Å². The lowest BCUT2D eigenvalue weighted by Gasteiger charge is -2.45. The Labute approximate surface area is 169 Å². The number of nitrogens with zero attached hydrogens (tertiary/aromatic N) is 3. The number of halogens is 2. The van der Waals surface area contributed by atoms with Crippen LogP contribution >= 0.6 is 23.2 Å². The third kappa shape index (κ3) is 3.23. The molecule has 0 saturated heterocycles. The Morgan fingerprint density at radius 1 is 1.30 bits per heavy atom. The van der Waals surface area contributed by atoms with Crippen LogP contribution in [0.4, 0.5) is 0 Å². The number of hydrogen-bond donors (Lipinski definition) is 1. The molecule has 7 heteroatoms. The fourth-order valence-electron chi connectivity index (χ4n) is 4.00. The summed E-state index contributed by atoms with van der Waals surface area (Å²) in [5, 5.41) is 14.2. The highest BCUT2D eigenvalue weighted by Crippen LogP contribution is 2.50. The number of carbonyl (C=O) groups is 1. The maximum atomic E-state index is 13.2. The van der Waals surface area contributed by atoms with Gasteiger partial charge in [0.15, 0.2) is 5.78 Å². The largest absolute Gasteiger partial charge is 0.383 e. The van der Waals surface area contributed by atoms with E-state index in [2.05, 4.69) is 19.9 Å². The van der Waals surface area contributed by atoms with Crippen LogP contribution < -0.4 is 5.73 Å². The molecule has 5 nitrogen and oxygen atoms in total. The van der Waals surface area contributed by atoms with Gasteiger partial charge in [-0.05, 0) is 23.5 Å². The fraction of sp³-hybridized carbons (Fsp3) is 0.400. The predicted octanol–water partition coefficient (Wildman–Crippen LogP) is 4.21. The number of nitrogens with two attached hydrogens (primary N) is 1. The van der Waals surface area contributed by atoms with Crippen LogP contribution in [-0.2, 0) is 4.79 Å². The molecule has 0 fully saturated rings. The van der Waals surface area contributed by atoms with Gasteiger partial charge < -0.3 is 5.73 Å². The molecule has 142 valence electrons. The molecule has 0 radical (unpaired) electrons. The second-order valence-electron chi connectivity index (χ2n) is 7.95. The molecular weight excluding hydrogens is 383 g/mol. The Bertz CT molecular complexity index is 924. The van der Waals surface area contributed by atoms with Crippen LogP contribution in [0, 0.1) is 16.7 Å². The van der Waals surface area contributed by atoms with E-state index in [0.29, 0.717) is 45.4 Å². The van der Waals surface area contributed by atoms with E-state index in [0.717, 1.165) is 5.70 Å². The maximum absolute atomic E-state index is 13.2. The van der Waals surface area contributed by atoms with Gasteiger partial charge in [-0.2, -0.15) is 5.26 Å². The van der Waals surface area contributed by atoms with Gasteiger partial charge in [0.25, 0.3) is 0 Å². The molecule has 1 aromatic carbocycles. The van der Waals surface area contributed by atoms with Crippen molar-refractivity contribution in [2.24, 2.45) is 11.1 Å². The smallest absolute Gasteiger partial charge is 0.162 e. The van der Waals surface area contributed by atoms with Crippen LogP contribution in [0.15, 0.2) is 40.9 Å². The number of hydrogen-bond acceptors (Lipinski definition) is 5. The number of allylic oxidation sites excluding steroid dienone is 3. The van der Waals surface area contributed by atoms with E-state index in [9.17, 15) is 10.1 Å². The zero-order valence-electron chi connectivity index (χ0n) is 15.8. The Kier molecular flexibility index (Phi) is 5.02. The molecule has 1 aliphatic carbocycles. The zero-order chi connectivity index (χ0) is 20.1. The molecule has 0 amide bonds. The van der Waals surface area contributed by atoms with Gasteiger partial charge in [0.2, 0.25) is 0 Å². The van der Waals surface area contributed by atoms with Crippen LogP contribution in [0.2, 0.25) is 10.0 Å². The van der Waals surface area contributed by atoms with E-state index in [1.807, 2.05) is 14.1 Å². The number of benzene rings is 1. The van der Waals surface area contributed by atoms with Gasteiger partial charge in [-0.25, -0.2) is 5.01 Å². The molecule has 1 aromatic rings. The van der Waals surface area contributed by atoms with Crippen molar-refractivity contribution in [3.8, 4) is 6.07 Å². The molecule has 1 heterocycles. The number of ketones is 1. The standard InChI is InChI=1S/C20H22Cl2N4O/c1-20(2)8-14-17(15(27)9-20)16(11-6-5-7-13(21)18(11)22)12(10-23)19(24)26(14)25(3)4/h5-7,16H,8-9,24H2,1-4H3/t16-/m1/s1. The summed E-state index contributed by atoms with van der Waals surface area (Å²) < 4.78 is 0. The van der Waals surface area contributed by atoms with Crippen molar-refractivity contribution in [3.05, 3.63) is 56.5 Å². The minimum atomic E-state index is -0.615. The first-order valence-corrected chi connectivity index (χ1v) is 9.42. The second-order valence-corrected chi connectivity index (χ2v) is 8.73. The van der Waals surface area contributed by atoms with Gasteiger partial charge in [-0.15, -0.1) is 0 Å². The Balaban J connectivity index is 2.34. The molecule has 0 aromatic heterocycles. The molecule has 0 spiro atoms. The summed E-state index contributed by atoms with van der Waals surface area (Å²) in [6.45, 7) is 4.12. The SMILES string of the molecule is CN(C)N1C(N)=C(C#N)[C@@H](c2cccc(Cl)c2Cl)C2=C1CC(C)(C)CC2=O. The average molecular weight is 405 g/mol. The minimum absolute atomic E-state index is 0.00870. The monoisotopic (exact) mass is 404 g/mol. The fourth-order valence-corrected chi connectivity index (χ4v) is 4.42. The number of carbonyl (C=O) groups excluding carboxylic acids is 1. The Morgan fingerprint density at radius 3 is 2.56 bits per heavy atom. The molecule has 0 saturated carbocycles. The first-order chi connectivity index (χ1) is 12.6. The van der Waals surface area contributed by atoms with Crippen LogP contribution in [0.25, 0.3) is 0 Å². The highest BCUT2D eigenvalue weighted by molar-refractivity contribution is 6.42. The number of Topliss-reactive ketones (excluding diaryl/α,β-unsaturated/α-hetero) is 1. The van der Waals surface area contributed by atoms with Crippen LogP contribution in [0.1, 0.15) is 38.2 Å². The summed E-state index contributed by atoms with van der Waals surface area (Å²) in [5.41, 5.74) is 8.55. The van der Waals surface area contributed by atoms with E-state index >= 15 is 0 Å². The van der Waals surface area contributed by atoms with E-state index in [4.69, 9.17) is 28.9 Å². The van der Waals surface area contributed by atoms with E-state index < -0.39 is 5.92 Å². The van der Waals surface area contributed by atoms with Gasteiger partial charge in [-0.1, -0.05) is 49.2 Å². The first-order valence-electron chi connectivity index (χ1n) is 8.66. The van der Waals surface area contributed by atoms with Crippen LogP contribution in [0.3, 0.4) is 0 Å². The summed E-state index contributed by atoms with van der Waals surface area (Å²) in [6.07, 6.45) is 1.07. The number of hydrazine groups is 1. The van der Waals surface area contributed by atoms with Crippen LogP contribution in [-0.4, -0.2) is 29.9 Å². The average Bonchev–Trinajstić information content (AvgIpc) is 2.55. The predicted molar refractivity (Wildman–Crippen MR) is 107 cm³/mol. The minimum Gasteiger partial charge on any atom is -0.383 e. The second kappa shape index (κ2) is 6.87. The first kappa shape index (κ1) is 19.8. The van der Waals surface area contributed by atoms with Crippen molar-refractivity contribution >= 4 is 29.0 Å². The molecular formula is C20H22Cl2N4O. The lowest BCUT2D eigenvalue weighted by Crippen LogP contribution is -2.47. The third-order valence-electron chi connectivity index (χ3n) is 5.05. The van der Waals surface area contributed by atoms with Gasteiger partial charge in [-0.3, -0.25) is 9.80 Å². The summed E-state index contributed by atoms with van der Waals surface area (Å²) in [4.78, 5) is 13.2. The van der Waals surface area contributed by atoms with Crippen LogP contribution in [0.5, 0.6) is 0 Å². The molecule has 0 bridgehead atoms. The number of nitriles is 1. The van der Waals surface area contributed by atoms with Gasteiger partial charge >= 0.3 is 0 Å². The summed E-state index contributed by atoms with van der Waals surface area (Å²) in [6, 6.07) is 7.46. The summed E-state index contributed by atoms with van der Waals surface area (Å²) in [7, 11) is 3.68. The number of rotatable bonds is 2. The molecule has 2 aliphatic rings. The highest BCUT2D eigenvalue weighted by Gasteiger charge is 2.45. The quantitative estimate of drug-likeness (QED) is 0.798. The normalized spacial score (nSPS) is 22.2. The van der Waals surface area contributed by atoms with Crippen molar-refractivity contribution in [3.63, 3.8) is 0 Å². The van der Waals surface area contributed by atoms with E-state index in [1.54, 1.807) is 28.2 Å². The van der Waals surface area contributed by atoms with Crippen molar-refractivity contribution in [2.45, 2.75) is 32.6 Å². The topological polar surface area (TPSA) is 73.4 Å². The molecule has 3 rings (SSSR count). The zero-order valence-corrected chi connectivity index (χ0v) is 17.3. The lowest BCUT2D eigenvalue weighted by molar-refractivity contribution is -0.119. The van der Waals surface area contributed by atoms with E-state index in [-0.39, 0.29) is 11.2 Å². The van der Waals surface area contributed by atoms with Gasteiger partial charge in [0.05, 0.1) is 27.6 Å². The molecule has 0 unspecified atom stereocenters. The Hall–Kier alpha value is -2.00. The van der Waals surface area contributed by atoms with Gasteiger partial charge in [0, 0.05) is 31.8 Å². The highest BCUT2D eigenvalue weighted by atomic mass is 35.5. The Morgan fingerprint density at radius 2 is 1.96 bits per heavy atom. The molecule has 2 N–H and O–H groups in total. The summed E-state index contributed by atoms with van der Waals surface area (Å²) >= 11 is 12.7. The van der Waals surface area contributed by atoms with Gasteiger partial charge in [0.1, 0.15) is 5.82 Å². The van der Waals surface area contributed by atoms with Crippen molar-refractivity contribution < 1.29 is 4.79 Å². The van der Waals surface area contributed by atoms with Crippen molar-refractivity contribution in [1.29, 1.82) is 5.26 Å². The molecule has 1 aliphatic heterocycles. The molecule has 27 heavy (non-hydrogen) atoms. The third-order valence-corrected chi connectivity index (χ3v) is 5.88. The van der Waals surface area contributed by atoms with Crippen molar-refractivity contribution in [1.82, 2.24) is 10.0 Å². The lowest BCUT2D eigenvalue weighted by atomic mass is 9.69. The maximum Gasteiger partial charge on any atom is 0.162 e. The van der Waals surface area contributed by atoms with Crippen molar-refractivity contribution in [2.75, 3.05) is 14.1 Å². The summed E-state index contributed by atoms with van der Waals surface area (Å²) in [5.74, 6) is -0.293.